The Labute approximate surface area is 262 Å². The summed E-state index contributed by atoms with van der Waals surface area (Å²) in [6.45, 7) is 13.3. The van der Waals surface area contributed by atoms with Crippen LogP contribution in [0.15, 0.2) is 42.9 Å². The third-order valence-electron chi connectivity index (χ3n) is 8.46. The minimum Gasteiger partial charge on any atom is -0.443 e. The normalized spacial score (nSPS) is 18.2. The van der Waals surface area contributed by atoms with E-state index in [0.717, 1.165) is 30.8 Å². The number of rotatable bonds is 7. The predicted octanol–water partition coefficient (Wildman–Crippen LogP) is 5.09. The maximum absolute atomic E-state index is 14.5. The zero-order valence-corrected chi connectivity index (χ0v) is 26.9. The minimum atomic E-state index is -0.559. The van der Waals surface area contributed by atoms with Gasteiger partial charge in [0.25, 0.3) is 5.91 Å². The van der Waals surface area contributed by atoms with Crippen molar-refractivity contribution in [3.8, 4) is 17.3 Å². The summed E-state index contributed by atoms with van der Waals surface area (Å²) >= 11 is 0. The first-order valence-corrected chi connectivity index (χ1v) is 15.4. The second-order valence-corrected chi connectivity index (χ2v) is 13.0. The van der Waals surface area contributed by atoms with Crippen molar-refractivity contribution in [1.29, 1.82) is 0 Å². The van der Waals surface area contributed by atoms with Crippen LogP contribution in [0, 0.1) is 5.41 Å². The molecule has 1 saturated heterocycles. The van der Waals surface area contributed by atoms with Crippen LogP contribution in [0.2, 0.25) is 0 Å². The fourth-order valence-electron chi connectivity index (χ4n) is 6.40. The maximum atomic E-state index is 14.5. The van der Waals surface area contributed by atoms with Crippen molar-refractivity contribution in [3.05, 3.63) is 59.7 Å². The Balaban J connectivity index is 1.46. The third-order valence-corrected chi connectivity index (χ3v) is 8.46. The highest BCUT2D eigenvalue weighted by molar-refractivity contribution is 6.11. The smallest absolute Gasteiger partial charge is 0.407 e. The van der Waals surface area contributed by atoms with E-state index in [1.807, 2.05) is 39.6 Å². The van der Waals surface area contributed by atoms with Crippen LogP contribution in [-0.2, 0) is 11.3 Å². The second kappa shape index (κ2) is 11.6. The molecule has 0 bridgehead atoms. The van der Waals surface area contributed by atoms with Crippen molar-refractivity contribution in [2.45, 2.75) is 79.1 Å². The standard InChI is InChI=1S/C32H40N10O3/c1-19(2)42-26(13-14-35-42)40-18-34-38-29(40)22-11-8-12-24(36-22)41-28(32(4,5)6)27-21(30(41)43)16-25(39-15-9-10-20(39)3)37-23(27)17-45-31(44)33-7/h8,11-14,16,18-20,28H,9-10,15,17H2,1-7H3,(H,33,44)/t20?,28-/m0/s1. The van der Waals surface area contributed by atoms with Gasteiger partial charge in [0, 0.05) is 37.3 Å². The zero-order valence-electron chi connectivity index (χ0n) is 26.9. The lowest BCUT2D eigenvalue weighted by Gasteiger charge is -2.35. The van der Waals surface area contributed by atoms with Gasteiger partial charge in [0.15, 0.2) is 5.82 Å². The van der Waals surface area contributed by atoms with E-state index in [-0.39, 0.29) is 24.6 Å². The van der Waals surface area contributed by atoms with Crippen LogP contribution in [0.4, 0.5) is 16.4 Å². The fourth-order valence-corrected chi connectivity index (χ4v) is 6.40. The van der Waals surface area contributed by atoms with Gasteiger partial charge in [0.1, 0.15) is 36.1 Å². The quantitative estimate of drug-likeness (QED) is 0.302. The molecule has 2 atom stereocenters. The number of anilines is 2. The van der Waals surface area contributed by atoms with Crippen LogP contribution in [0.25, 0.3) is 17.3 Å². The zero-order chi connectivity index (χ0) is 32.0. The number of pyridine rings is 2. The van der Waals surface area contributed by atoms with E-state index in [4.69, 9.17) is 14.7 Å². The number of hydrogen-bond acceptors (Lipinski definition) is 9. The van der Waals surface area contributed by atoms with E-state index in [0.29, 0.717) is 34.4 Å². The maximum Gasteiger partial charge on any atom is 0.407 e. The number of carbonyl (C=O) groups excluding carboxylic acids is 2. The monoisotopic (exact) mass is 612 g/mol. The molecule has 2 amide bonds. The van der Waals surface area contributed by atoms with Gasteiger partial charge in [-0.05, 0) is 57.2 Å². The highest BCUT2D eigenvalue weighted by Crippen LogP contribution is 2.49. The molecule has 2 aliphatic rings. The summed E-state index contributed by atoms with van der Waals surface area (Å²) in [5, 5.41) is 15.5. The van der Waals surface area contributed by atoms with Crippen molar-refractivity contribution in [1.82, 2.24) is 39.8 Å². The Kier molecular flexibility index (Phi) is 7.79. The van der Waals surface area contributed by atoms with E-state index in [1.165, 1.54) is 7.05 Å². The first-order chi connectivity index (χ1) is 21.5. The first kappa shape index (κ1) is 30.2. The van der Waals surface area contributed by atoms with Gasteiger partial charge in [-0.2, -0.15) is 5.10 Å². The van der Waals surface area contributed by atoms with E-state index in [2.05, 4.69) is 67.1 Å². The van der Waals surface area contributed by atoms with Crippen LogP contribution < -0.4 is 15.1 Å². The summed E-state index contributed by atoms with van der Waals surface area (Å²) in [4.78, 5) is 40.6. The molecule has 0 saturated carbocycles. The molecule has 0 aliphatic carbocycles. The molecule has 0 spiro atoms. The van der Waals surface area contributed by atoms with Crippen LogP contribution in [-0.4, -0.2) is 66.1 Å². The number of amides is 2. The molecule has 0 radical (unpaired) electrons. The van der Waals surface area contributed by atoms with Gasteiger partial charge in [0.2, 0.25) is 0 Å². The number of hydrogen-bond donors (Lipinski definition) is 1. The van der Waals surface area contributed by atoms with Gasteiger partial charge in [0.05, 0.1) is 23.5 Å². The van der Waals surface area contributed by atoms with E-state index < -0.39 is 17.6 Å². The van der Waals surface area contributed by atoms with E-state index in [9.17, 15) is 9.59 Å². The molecule has 1 unspecified atom stereocenters. The van der Waals surface area contributed by atoms with E-state index >= 15 is 0 Å². The van der Waals surface area contributed by atoms with Crippen molar-refractivity contribution < 1.29 is 14.3 Å². The van der Waals surface area contributed by atoms with Crippen LogP contribution >= 0.6 is 0 Å². The Hall–Kier alpha value is -4.81. The predicted molar refractivity (Wildman–Crippen MR) is 169 cm³/mol. The Morgan fingerprint density at radius 1 is 1.16 bits per heavy atom. The number of carbonyl (C=O) groups is 2. The number of aromatic nitrogens is 7. The van der Waals surface area contributed by atoms with Gasteiger partial charge in [-0.15, -0.1) is 10.2 Å². The average molecular weight is 613 g/mol. The summed E-state index contributed by atoms with van der Waals surface area (Å²) in [7, 11) is 1.52. The number of nitrogens with one attached hydrogen (secondary N) is 1. The van der Waals surface area contributed by atoms with Crippen molar-refractivity contribution in [2.75, 3.05) is 23.4 Å². The molecule has 13 heteroatoms. The first-order valence-electron chi connectivity index (χ1n) is 15.4. The molecule has 0 aromatic carbocycles. The molecule has 13 nitrogen and oxygen atoms in total. The molecule has 6 heterocycles. The molecule has 1 N–H and O–H groups in total. The van der Waals surface area contributed by atoms with Gasteiger partial charge < -0.3 is 15.0 Å². The number of nitrogens with zero attached hydrogens (tertiary/aromatic N) is 9. The Morgan fingerprint density at radius 3 is 2.64 bits per heavy atom. The lowest BCUT2D eigenvalue weighted by molar-refractivity contribution is 0.0976. The summed E-state index contributed by atoms with van der Waals surface area (Å²) in [6.07, 6.45) is 4.92. The molecular formula is C32H40N10O3. The molecule has 4 aromatic rings. The Bertz CT molecular complexity index is 1740. The molecule has 2 aliphatic heterocycles. The van der Waals surface area contributed by atoms with Crippen molar-refractivity contribution >= 4 is 23.6 Å². The number of fused-ring (bicyclic) bond motifs is 1. The lowest BCUT2D eigenvalue weighted by Crippen LogP contribution is -2.36. The van der Waals surface area contributed by atoms with Crippen LogP contribution in [0.3, 0.4) is 0 Å². The van der Waals surface area contributed by atoms with Crippen LogP contribution in [0.1, 0.15) is 88.1 Å². The summed E-state index contributed by atoms with van der Waals surface area (Å²) in [5.74, 6) is 2.36. The third kappa shape index (κ3) is 5.40. The number of alkyl carbamates (subject to hydrolysis) is 1. The van der Waals surface area contributed by atoms with Crippen molar-refractivity contribution in [3.63, 3.8) is 0 Å². The Morgan fingerprint density at radius 2 is 1.96 bits per heavy atom. The van der Waals surface area contributed by atoms with Gasteiger partial charge in [-0.1, -0.05) is 26.8 Å². The number of ether oxygens (including phenoxy) is 1. The van der Waals surface area contributed by atoms with Gasteiger partial charge >= 0.3 is 6.09 Å². The van der Waals surface area contributed by atoms with Crippen molar-refractivity contribution in [2.24, 2.45) is 5.41 Å². The van der Waals surface area contributed by atoms with Crippen LogP contribution in [0.5, 0.6) is 0 Å². The molecule has 6 rings (SSSR count). The topological polar surface area (TPSA) is 136 Å². The molecule has 236 valence electrons. The summed E-state index contributed by atoms with van der Waals surface area (Å²) < 4.78 is 9.27. The molecular weight excluding hydrogens is 572 g/mol. The molecule has 1 fully saturated rings. The molecule has 4 aromatic heterocycles. The van der Waals surface area contributed by atoms with Gasteiger partial charge in [-0.25, -0.2) is 19.4 Å². The summed E-state index contributed by atoms with van der Waals surface area (Å²) in [5.41, 5.74) is 2.01. The van der Waals surface area contributed by atoms with E-state index in [1.54, 1.807) is 17.4 Å². The average Bonchev–Trinajstić information content (AvgIpc) is 3.81. The SMILES string of the molecule is CNC(=O)OCc1nc(N2CCCC2C)cc2c1[C@@H](C(C)(C)C)N(c1cccc(-c3nncn3-c3ccnn3C(C)C)n1)C2=O. The largest absolute Gasteiger partial charge is 0.443 e. The highest BCUT2D eigenvalue weighted by Gasteiger charge is 2.47. The second-order valence-electron chi connectivity index (χ2n) is 13.0. The minimum absolute atomic E-state index is 0.0636. The fraction of sp³-hybridized carbons (Fsp3) is 0.469. The molecule has 45 heavy (non-hydrogen) atoms. The lowest BCUT2D eigenvalue weighted by atomic mass is 9.81. The summed E-state index contributed by atoms with van der Waals surface area (Å²) in [6, 6.07) is 9.36. The highest BCUT2D eigenvalue weighted by atomic mass is 16.5. The van der Waals surface area contributed by atoms with Gasteiger partial charge in [-0.3, -0.25) is 14.3 Å².